The van der Waals surface area contributed by atoms with Gasteiger partial charge in [-0.2, -0.15) is 0 Å². The van der Waals surface area contributed by atoms with Crippen LogP contribution in [0.25, 0.3) is 4.91 Å². The van der Waals surface area contributed by atoms with Crippen LogP contribution in [0.1, 0.15) is 24.0 Å². The van der Waals surface area contributed by atoms with Crippen molar-refractivity contribution < 1.29 is 27.3 Å². The fourth-order valence-electron chi connectivity index (χ4n) is 3.61. The van der Waals surface area contributed by atoms with Crippen molar-refractivity contribution in [3.05, 3.63) is 59.7 Å². The zero-order valence-corrected chi connectivity index (χ0v) is 17.7. The number of halogens is 2. The Morgan fingerprint density at radius 2 is 1.84 bits per heavy atom. The second-order valence-corrected chi connectivity index (χ2v) is 8.56. The van der Waals surface area contributed by atoms with Crippen molar-refractivity contribution in [3.8, 4) is 11.5 Å². The Bertz CT molecular complexity index is 1030. The minimum Gasteiger partial charge on any atom is -0.491 e. The highest BCUT2D eigenvalue weighted by molar-refractivity contribution is 7.93. The Kier molecular flexibility index (Phi) is 5.95. The third-order valence-electron chi connectivity index (χ3n) is 5.29. The van der Waals surface area contributed by atoms with Gasteiger partial charge in [-0.05, 0) is 23.3 Å². The molecular formula is C22H22F2N2O4S. The third kappa shape index (κ3) is 4.71. The maximum atomic E-state index is 13.5. The third-order valence-corrected chi connectivity index (χ3v) is 6.43. The van der Waals surface area contributed by atoms with E-state index in [0.29, 0.717) is 22.0 Å². The molecule has 0 spiro atoms. The average molecular weight is 448 g/mol. The van der Waals surface area contributed by atoms with Crippen molar-refractivity contribution in [2.45, 2.75) is 25.4 Å². The number of piperidine rings is 1. The highest BCUT2D eigenvalue weighted by atomic mass is 32.2. The number of nitrogens with one attached hydrogen (secondary N) is 1. The first-order valence-electron chi connectivity index (χ1n) is 9.82. The summed E-state index contributed by atoms with van der Waals surface area (Å²) in [4.78, 5) is 13.7. The van der Waals surface area contributed by atoms with E-state index in [1.807, 2.05) is 29.2 Å². The van der Waals surface area contributed by atoms with E-state index in [-0.39, 0.29) is 38.4 Å². The van der Waals surface area contributed by atoms with Gasteiger partial charge in [0.15, 0.2) is 22.5 Å². The van der Waals surface area contributed by atoms with E-state index in [2.05, 4.69) is 4.72 Å². The number of hydrogen-bond acceptors (Lipinski definition) is 5. The number of carbonyl (C=O) groups is 1. The monoisotopic (exact) mass is 448 g/mol. The van der Waals surface area contributed by atoms with Crippen LogP contribution in [0.3, 0.4) is 0 Å². The summed E-state index contributed by atoms with van der Waals surface area (Å²) in [6, 6.07) is 12.7. The molecule has 9 heteroatoms. The summed E-state index contributed by atoms with van der Waals surface area (Å²) in [7, 11) is -0.00260. The quantitative estimate of drug-likeness (QED) is 0.731. The zero-order valence-electron chi connectivity index (χ0n) is 16.9. The average Bonchev–Trinajstić information content (AvgIpc) is 3.10. The fourth-order valence-corrected chi connectivity index (χ4v) is 4.53. The number of anilines is 1. The molecule has 0 radical (unpaired) electrons. The van der Waals surface area contributed by atoms with E-state index < -0.39 is 16.9 Å². The number of ether oxygens (including phenoxy) is 2. The first-order valence-corrected chi connectivity index (χ1v) is 11.0. The Hall–Kier alpha value is -2.94. The minimum atomic E-state index is -2.62. The van der Waals surface area contributed by atoms with E-state index in [4.69, 9.17) is 9.47 Å². The van der Waals surface area contributed by atoms with Crippen LogP contribution in [0, 0.1) is 0 Å². The van der Waals surface area contributed by atoms with E-state index in [1.165, 1.54) is 13.2 Å². The SMILES string of the molecule is COc1c(OCc2ccc(C3=CC(=O)NS3=O)cc2)cccc1N1CCC(F)(F)CC1. The van der Waals surface area contributed by atoms with Crippen LogP contribution in [0.4, 0.5) is 14.5 Å². The molecule has 31 heavy (non-hydrogen) atoms. The molecule has 1 amide bonds. The normalized spacial score (nSPS) is 20.2. The van der Waals surface area contributed by atoms with Gasteiger partial charge in [-0.25, -0.2) is 13.0 Å². The van der Waals surface area contributed by atoms with Gasteiger partial charge in [-0.15, -0.1) is 0 Å². The van der Waals surface area contributed by atoms with Crippen molar-refractivity contribution >= 4 is 27.5 Å². The number of nitrogens with zero attached hydrogens (tertiary/aromatic N) is 1. The number of alkyl halides is 2. The lowest BCUT2D eigenvalue weighted by Gasteiger charge is -2.34. The van der Waals surface area contributed by atoms with Gasteiger partial charge in [-0.3, -0.25) is 9.52 Å². The lowest BCUT2D eigenvalue weighted by molar-refractivity contribution is -0.114. The van der Waals surface area contributed by atoms with Crippen LogP contribution in [-0.2, 0) is 22.4 Å². The van der Waals surface area contributed by atoms with Crippen LogP contribution in [0.5, 0.6) is 11.5 Å². The van der Waals surface area contributed by atoms with Crippen LogP contribution in [0.2, 0.25) is 0 Å². The summed E-state index contributed by atoms with van der Waals surface area (Å²) in [5, 5.41) is 0. The van der Waals surface area contributed by atoms with Crippen molar-refractivity contribution in [2.75, 3.05) is 25.1 Å². The van der Waals surface area contributed by atoms with Gasteiger partial charge in [0.2, 0.25) is 0 Å². The topological polar surface area (TPSA) is 67.9 Å². The second-order valence-electron chi connectivity index (χ2n) is 7.38. The molecule has 6 nitrogen and oxygen atoms in total. The number of amides is 1. The second kappa shape index (κ2) is 8.66. The number of hydrogen-bond donors (Lipinski definition) is 1. The molecule has 1 saturated heterocycles. The minimum absolute atomic E-state index is 0.185. The molecule has 2 aliphatic heterocycles. The molecule has 0 bridgehead atoms. The molecule has 1 N–H and O–H groups in total. The largest absolute Gasteiger partial charge is 0.491 e. The number of rotatable bonds is 6. The summed E-state index contributed by atoms with van der Waals surface area (Å²) in [6.07, 6.45) is 0.959. The highest BCUT2D eigenvalue weighted by Crippen LogP contribution is 2.40. The summed E-state index contributed by atoms with van der Waals surface area (Å²) in [5.74, 6) is -1.95. The Labute approximate surface area is 181 Å². The molecule has 1 fully saturated rings. The first kappa shape index (κ1) is 21.3. The molecule has 2 aromatic rings. The van der Waals surface area contributed by atoms with Crippen molar-refractivity contribution in [1.82, 2.24) is 4.72 Å². The van der Waals surface area contributed by atoms with Gasteiger partial charge >= 0.3 is 0 Å². The number of methoxy groups -OCH3 is 1. The zero-order chi connectivity index (χ0) is 22.0. The van der Waals surface area contributed by atoms with Gasteiger partial charge in [0.25, 0.3) is 11.8 Å². The Morgan fingerprint density at radius 1 is 1.13 bits per heavy atom. The molecule has 0 aromatic heterocycles. The van der Waals surface area contributed by atoms with Crippen molar-refractivity contribution in [1.29, 1.82) is 0 Å². The van der Waals surface area contributed by atoms with E-state index in [1.54, 1.807) is 18.2 Å². The van der Waals surface area contributed by atoms with Crippen molar-refractivity contribution in [3.63, 3.8) is 0 Å². The molecule has 1 atom stereocenters. The number of benzene rings is 2. The van der Waals surface area contributed by atoms with E-state index in [0.717, 1.165) is 11.3 Å². The van der Waals surface area contributed by atoms with Gasteiger partial charge in [0, 0.05) is 32.0 Å². The fraction of sp³-hybridized carbons (Fsp3) is 0.318. The maximum absolute atomic E-state index is 13.5. The standard InChI is InChI=1S/C22H22F2N2O4S/c1-29-21-17(26-11-9-22(23,24)10-12-26)3-2-4-18(21)30-14-15-5-7-16(8-6-15)19-13-20(27)25-31(19)28/h2-8,13H,9-12,14H2,1H3,(H,25,27). The molecule has 0 aliphatic carbocycles. The number of para-hydroxylation sites is 1. The predicted molar refractivity (Wildman–Crippen MR) is 114 cm³/mol. The smallest absolute Gasteiger partial charge is 0.257 e. The molecule has 1 unspecified atom stereocenters. The predicted octanol–water partition coefficient (Wildman–Crippen LogP) is 3.64. The molecule has 164 valence electrons. The molecule has 2 aromatic carbocycles. The van der Waals surface area contributed by atoms with Gasteiger partial charge < -0.3 is 14.4 Å². The lowest BCUT2D eigenvalue weighted by atomic mass is 10.1. The molecule has 0 saturated carbocycles. The molecule has 2 heterocycles. The van der Waals surface area contributed by atoms with Gasteiger partial charge in [-0.1, -0.05) is 30.3 Å². The Morgan fingerprint density at radius 3 is 2.45 bits per heavy atom. The maximum Gasteiger partial charge on any atom is 0.257 e. The van der Waals surface area contributed by atoms with Crippen LogP contribution in [-0.4, -0.2) is 36.2 Å². The first-order chi connectivity index (χ1) is 14.9. The van der Waals surface area contributed by atoms with Gasteiger partial charge in [0.05, 0.1) is 17.7 Å². The number of carbonyl (C=O) groups excluding carboxylic acids is 1. The van der Waals surface area contributed by atoms with Crippen LogP contribution < -0.4 is 19.1 Å². The molecular weight excluding hydrogens is 426 g/mol. The van der Waals surface area contributed by atoms with Gasteiger partial charge in [0.1, 0.15) is 6.61 Å². The Balaban J connectivity index is 1.46. The summed E-state index contributed by atoms with van der Waals surface area (Å²) in [5.41, 5.74) is 2.30. The lowest BCUT2D eigenvalue weighted by Crippen LogP contribution is -2.39. The molecule has 4 rings (SSSR count). The summed E-state index contributed by atoms with van der Waals surface area (Å²) >= 11 is 0. The van der Waals surface area contributed by atoms with Crippen LogP contribution in [0.15, 0.2) is 48.5 Å². The highest BCUT2D eigenvalue weighted by Gasteiger charge is 2.35. The van der Waals surface area contributed by atoms with Crippen LogP contribution >= 0.6 is 0 Å². The van der Waals surface area contributed by atoms with E-state index >= 15 is 0 Å². The van der Waals surface area contributed by atoms with Crippen molar-refractivity contribution in [2.24, 2.45) is 0 Å². The summed E-state index contributed by atoms with van der Waals surface area (Å²) in [6.45, 7) is 0.767. The summed E-state index contributed by atoms with van der Waals surface area (Å²) < 4.78 is 52.7. The molecule has 2 aliphatic rings. The van der Waals surface area contributed by atoms with E-state index in [9.17, 15) is 17.8 Å².